The van der Waals surface area contributed by atoms with Gasteiger partial charge in [0.15, 0.2) is 0 Å². The lowest BCUT2D eigenvalue weighted by molar-refractivity contribution is 0.631. The molecule has 0 aliphatic carbocycles. The third-order valence-corrected chi connectivity index (χ3v) is 2.80. The summed E-state index contributed by atoms with van der Waals surface area (Å²) in [6.07, 6.45) is 2.40. The Hall–Kier alpha value is -0.820. The Balaban J connectivity index is 2.20. The molecule has 0 bridgehead atoms. The Labute approximate surface area is 86.5 Å². The van der Waals surface area contributed by atoms with E-state index in [4.69, 9.17) is 0 Å². The third-order valence-electron chi connectivity index (χ3n) is 2.80. The van der Waals surface area contributed by atoms with Gasteiger partial charge < -0.3 is 5.32 Å². The first kappa shape index (κ1) is 9.72. The molecule has 0 fully saturated rings. The predicted octanol–water partition coefficient (Wildman–Crippen LogP) is 2.53. The van der Waals surface area contributed by atoms with Crippen molar-refractivity contribution in [3.05, 3.63) is 34.9 Å². The van der Waals surface area contributed by atoms with Gasteiger partial charge in [0.05, 0.1) is 0 Å². The molecule has 0 amide bonds. The molecule has 1 aliphatic heterocycles. The standard InChI is InChI=1S/C13H19N/c1-10(2)7-11-3-4-13-9-14-6-5-12(13)8-11/h3-4,8,10,14H,5-7,9H2,1-2H3. The number of hydrogen-bond donors (Lipinski definition) is 1. The van der Waals surface area contributed by atoms with E-state index < -0.39 is 0 Å². The second-order valence-electron chi connectivity index (χ2n) is 4.63. The summed E-state index contributed by atoms with van der Waals surface area (Å²) < 4.78 is 0. The van der Waals surface area contributed by atoms with Gasteiger partial charge >= 0.3 is 0 Å². The van der Waals surface area contributed by atoms with E-state index in [-0.39, 0.29) is 0 Å². The van der Waals surface area contributed by atoms with E-state index in [0.717, 1.165) is 19.0 Å². The highest BCUT2D eigenvalue weighted by Crippen LogP contribution is 2.17. The number of fused-ring (bicyclic) bond motifs is 1. The molecule has 0 atom stereocenters. The molecule has 0 saturated heterocycles. The topological polar surface area (TPSA) is 12.0 Å². The maximum atomic E-state index is 3.40. The smallest absolute Gasteiger partial charge is 0.0208 e. The van der Waals surface area contributed by atoms with Crippen LogP contribution in [0.25, 0.3) is 0 Å². The van der Waals surface area contributed by atoms with E-state index >= 15 is 0 Å². The molecule has 0 unspecified atom stereocenters. The van der Waals surface area contributed by atoms with Gasteiger partial charge in [0, 0.05) is 6.54 Å². The maximum Gasteiger partial charge on any atom is 0.0208 e. The second-order valence-corrected chi connectivity index (χ2v) is 4.63. The van der Waals surface area contributed by atoms with Crippen LogP contribution in [0.15, 0.2) is 18.2 Å². The van der Waals surface area contributed by atoms with Crippen LogP contribution in [0.4, 0.5) is 0 Å². The third kappa shape index (κ3) is 2.16. The number of nitrogens with one attached hydrogen (secondary N) is 1. The fourth-order valence-corrected chi connectivity index (χ4v) is 2.13. The molecule has 14 heavy (non-hydrogen) atoms. The molecule has 1 aromatic rings. The van der Waals surface area contributed by atoms with Gasteiger partial charge in [-0.15, -0.1) is 0 Å². The fourth-order valence-electron chi connectivity index (χ4n) is 2.13. The largest absolute Gasteiger partial charge is 0.312 e. The summed E-state index contributed by atoms with van der Waals surface area (Å²) in [5, 5.41) is 3.40. The van der Waals surface area contributed by atoms with Crippen LogP contribution in [-0.4, -0.2) is 6.54 Å². The summed E-state index contributed by atoms with van der Waals surface area (Å²) in [5.74, 6) is 0.759. The van der Waals surface area contributed by atoms with Crippen LogP contribution in [0.5, 0.6) is 0 Å². The Bertz CT molecular complexity index is 315. The van der Waals surface area contributed by atoms with Gasteiger partial charge in [-0.2, -0.15) is 0 Å². The lowest BCUT2D eigenvalue weighted by Crippen LogP contribution is -2.23. The zero-order chi connectivity index (χ0) is 9.97. The van der Waals surface area contributed by atoms with Gasteiger partial charge in [-0.25, -0.2) is 0 Å². The number of benzene rings is 1. The van der Waals surface area contributed by atoms with Crippen LogP contribution in [0.1, 0.15) is 30.5 Å². The van der Waals surface area contributed by atoms with Gasteiger partial charge in [0.2, 0.25) is 0 Å². The average Bonchev–Trinajstić information content (AvgIpc) is 2.17. The maximum absolute atomic E-state index is 3.40. The molecule has 0 aromatic heterocycles. The lowest BCUT2D eigenvalue weighted by atomic mass is 9.95. The lowest BCUT2D eigenvalue weighted by Gasteiger charge is -2.18. The molecule has 1 heterocycles. The Kier molecular flexibility index (Phi) is 2.87. The highest BCUT2D eigenvalue weighted by Gasteiger charge is 2.08. The molecule has 1 heteroatoms. The van der Waals surface area contributed by atoms with Crippen molar-refractivity contribution in [2.24, 2.45) is 5.92 Å². The first-order chi connectivity index (χ1) is 6.75. The van der Waals surface area contributed by atoms with E-state index in [1.54, 1.807) is 5.56 Å². The van der Waals surface area contributed by atoms with Crippen molar-refractivity contribution in [3.8, 4) is 0 Å². The molecule has 0 spiro atoms. The molecule has 1 aliphatic rings. The predicted molar refractivity (Wildman–Crippen MR) is 60.4 cm³/mol. The molecule has 1 N–H and O–H groups in total. The van der Waals surface area contributed by atoms with Crippen LogP contribution in [0.2, 0.25) is 0 Å². The molecular weight excluding hydrogens is 170 g/mol. The summed E-state index contributed by atoms with van der Waals surface area (Å²) in [6, 6.07) is 6.97. The van der Waals surface area contributed by atoms with Crippen molar-refractivity contribution >= 4 is 0 Å². The van der Waals surface area contributed by atoms with Crippen molar-refractivity contribution < 1.29 is 0 Å². The Morgan fingerprint density at radius 2 is 2.14 bits per heavy atom. The summed E-state index contributed by atoms with van der Waals surface area (Å²) in [7, 11) is 0. The van der Waals surface area contributed by atoms with E-state index in [0.29, 0.717) is 0 Å². The minimum Gasteiger partial charge on any atom is -0.312 e. The zero-order valence-corrected chi connectivity index (χ0v) is 9.14. The average molecular weight is 189 g/mol. The zero-order valence-electron chi connectivity index (χ0n) is 9.14. The van der Waals surface area contributed by atoms with Crippen molar-refractivity contribution in [2.45, 2.75) is 33.2 Å². The van der Waals surface area contributed by atoms with Crippen LogP contribution >= 0.6 is 0 Å². The van der Waals surface area contributed by atoms with Crippen LogP contribution < -0.4 is 5.32 Å². The molecule has 76 valence electrons. The SMILES string of the molecule is CC(C)Cc1ccc2c(c1)CCNC2. The highest BCUT2D eigenvalue weighted by molar-refractivity contribution is 5.33. The Morgan fingerprint density at radius 3 is 2.93 bits per heavy atom. The molecular formula is C13H19N. The quantitative estimate of drug-likeness (QED) is 0.754. The van der Waals surface area contributed by atoms with Crippen molar-refractivity contribution in [2.75, 3.05) is 6.54 Å². The normalized spacial score (nSPS) is 15.6. The molecule has 2 rings (SSSR count). The Morgan fingerprint density at radius 1 is 1.29 bits per heavy atom. The van der Waals surface area contributed by atoms with Gasteiger partial charge in [0.1, 0.15) is 0 Å². The van der Waals surface area contributed by atoms with Crippen molar-refractivity contribution in [3.63, 3.8) is 0 Å². The van der Waals surface area contributed by atoms with Gasteiger partial charge in [-0.3, -0.25) is 0 Å². The van der Waals surface area contributed by atoms with E-state index in [1.165, 1.54) is 24.0 Å². The molecule has 1 nitrogen and oxygen atoms in total. The summed E-state index contributed by atoms with van der Waals surface area (Å²) in [4.78, 5) is 0. The highest BCUT2D eigenvalue weighted by atomic mass is 14.9. The number of rotatable bonds is 2. The van der Waals surface area contributed by atoms with Crippen LogP contribution in [0, 0.1) is 5.92 Å². The number of hydrogen-bond acceptors (Lipinski definition) is 1. The fraction of sp³-hybridized carbons (Fsp3) is 0.538. The second kappa shape index (κ2) is 4.14. The first-order valence-corrected chi connectivity index (χ1v) is 5.57. The van der Waals surface area contributed by atoms with E-state index in [9.17, 15) is 0 Å². The summed E-state index contributed by atoms with van der Waals surface area (Å²) in [6.45, 7) is 6.75. The van der Waals surface area contributed by atoms with Crippen molar-refractivity contribution in [1.29, 1.82) is 0 Å². The van der Waals surface area contributed by atoms with E-state index in [2.05, 4.69) is 37.4 Å². The van der Waals surface area contributed by atoms with Gasteiger partial charge in [-0.05, 0) is 42.0 Å². The van der Waals surface area contributed by atoms with Gasteiger partial charge in [-0.1, -0.05) is 32.0 Å². The van der Waals surface area contributed by atoms with Crippen molar-refractivity contribution in [1.82, 2.24) is 5.32 Å². The summed E-state index contributed by atoms with van der Waals surface area (Å²) >= 11 is 0. The molecule has 0 radical (unpaired) electrons. The molecule has 0 saturated carbocycles. The minimum absolute atomic E-state index is 0.759. The summed E-state index contributed by atoms with van der Waals surface area (Å²) in [5.41, 5.74) is 4.55. The van der Waals surface area contributed by atoms with Crippen LogP contribution in [-0.2, 0) is 19.4 Å². The van der Waals surface area contributed by atoms with E-state index in [1.807, 2.05) is 0 Å². The minimum atomic E-state index is 0.759. The molecule has 1 aromatic carbocycles. The first-order valence-electron chi connectivity index (χ1n) is 5.57. The monoisotopic (exact) mass is 189 g/mol. The van der Waals surface area contributed by atoms with Gasteiger partial charge in [0.25, 0.3) is 0 Å². The van der Waals surface area contributed by atoms with Crippen LogP contribution in [0.3, 0.4) is 0 Å².